The number of fused-ring (bicyclic) bond motifs is 1. The monoisotopic (exact) mass is 266 g/mol. The summed E-state index contributed by atoms with van der Waals surface area (Å²) in [5.74, 6) is -0.555. The summed E-state index contributed by atoms with van der Waals surface area (Å²) in [5.41, 5.74) is -0.733. The van der Waals surface area contributed by atoms with Crippen LogP contribution in [0.1, 0.15) is 10.4 Å². The zero-order valence-corrected chi connectivity index (χ0v) is 10.0. The molecule has 102 valence electrons. The molecule has 2 rings (SSSR count). The molecule has 8 heteroatoms. The minimum atomic E-state index is -1.46. The van der Waals surface area contributed by atoms with Crippen molar-refractivity contribution in [1.29, 1.82) is 0 Å². The standard InChI is InChI=1S/C11H14N4O4/c16-5-11(6-17,7-18)14-10(19)8-3-13-15-2-1-12-4-9(8)15/h1-4,16-18H,5-7H2,(H,14,19). The summed E-state index contributed by atoms with van der Waals surface area (Å²) >= 11 is 0. The molecular formula is C11H14N4O4. The lowest BCUT2D eigenvalue weighted by Gasteiger charge is -2.28. The number of aliphatic hydroxyl groups excluding tert-OH is 3. The number of nitrogens with one attached hydrogen (secondary N) is 1. The minimum absolute atomic E-state index is 0.243. The van der Waals surface area contributed by atoms with E-state index in [4.69, 9.17) is 15.3 Å². The summed E-state index contributed by atoms with van der Waals surface area (Å²) in [6.07, 6.45) is 5.94. The van der Waals surface area contributed by atoms with Gasteiger partial charge in [0.25, 0.3) is 5.91 Å². The van der Waals surface area contributed by atoms with E-state index in [0.717, 1.165) is 0 Å². The molecule has 4 N–H and O–H groups in total. The maximum atomic E-state index is 12.1. The van der Waals surface area contributed by atoms with E-state index in [1.165, 1.54) is 23.1 Å². The maximum absolute atomic E-state index is 12.1. The van der Waals surface area contributed by atoms with Gasteiger partial charge in [0.15, 0.2) is 0 Å². The van der Waals surface area contributed by atoms with Gasteiger partial charge in [0.1, 0.15) is 5.54 Å². The third kappa shape index (κ3) is 2.41. The van der Waals surface area contributed by atoms with Gasteiger partial charge in [-0.05, 0) is 0 Å². The normalized spacial score (nSPS) is 11.7. The molecule has 0 aliphatic carbocycles. The van der Waals surface area contributed by atoms with E-state index in [1.807, 2.05) is 0 Å². The summed E-state index contributed by atoms with van der Waals surface area (Å²) < 4.78 is 1.47. The Morgan fingerprint density at radius 1 is 1.26 bits per heavy atom. The second kappa shape index (κ2) is 5.31. The van der Waals surface area contributed by atoms with Crippen LogP contribution in [0.15, 0.2) is 24.8 Å². The molecule has 0 spiro atoms. The highest BCUT2D eigenvalue weighted by Gasteiger charge is 2.31. The molecule has 0 aromatic carbocycles. The van der Waals surface area contributed by atoms with Gasteiger partial charge in [-0.25, -0.2) is 4.52 Å². The van der Waals surface area contributed by atoms with Crippen LogP contribution in [-0.2, 0) is 0 Å². The van der Waals surface area contributed by atoms with Crippen molar-refractivity contribution in [2.24, 2.45) is 0 Å². The number of aromatic nitrogens is 3. The number of carbonyl (C=O) groups excluding carboxylic acids is 1. The Hall–Kier alpha value is -2.03. The molecule has 0 saturated heterocycles. The molecule has 0 bridgehead atoms. The predicted octanol–water partition coefficient (Wildman–Crippen LogP) is -1.83. The Balaban J connectivity index is 2.29. The zero-order chi connectivity index (χ0) is 13.9. The van der Waals surface area contributed by atoms with Crippen LogP contribution < -0.4 is 5.32 Å². The summed E-state index contributed by atoms with van der Waals surface area (Å²) in [6, 6.07) is 0. The molecule has 1 amide bonds. The van der Waals surface area contributed by atoms with E-state index in [9.17, 15) is 4.79 Å². The fourth-order valence-electron chi connectivity index (χ4n) is 1.59. The zero-order valence-electron chi connectivity index (χ0n) is 10.0. The number of hydrogen-bond acceptors (Lipinski definition) is 6. The first-order chi connectivity index (χ1) is 9.15. The van der Waals surface area contributed by atoms with E-state index in [-0.39, 0.29) is 5.56 Å². The molecule has 0 unspecified atom stereocenters. The van der Waals surface area contributed by atoms with Gasteiger partial charge in [-0.1, -0.05) is 0 Å². The topological polar surface area (TPSA) is 120 Å². The molecule has 2 heterocycles. The molecule has 2 aromatic rings. The Morgan fingerprint density at radius 2 is 1.95 bits per heavy atom. The summed E-state index contributed by atoms with van der Waals surface area (Å²) in [6.45, 7) is -1.74. The second-order valence-corrected chi connectivity index (χ2v) is 4.17. The molecule has 0 aliphatic heterocycles. The van der Waals surface area contributed by atoms with Crippen LogP contribution in [0.2, 0.25) is 0 Å². The van der Waals surface area contributed by atoms with Crippen LogP contribution >= 0.6 is 0 Å². The maximum Gasteiger partial charge on any atom is 0.255 e. The SMILES string of the molecule is O=C(NC(CO)(CO)CO)c1cnn2ccncc12. The van der Waals surface area contributed by atoms with Crippen LogP contribution in [-0.4, -0.2) is 61.2 Å². The lowest BCUT2D eigenvalue weighted by Crippen LogP contribution is -2.57. The molecule has 0 radical (unpaired) electrons. The van der Waals surface area contributed by atoms with Gasteiger partial charge in [0, 0.05) is 12.4 Å². The fourth-order valence-corrected chi connectivity index (χ4v) is 1.59. The number of carbonyl (C=O) groups is 1. The van der Waals surface area contributed by atoms with Crippen LogP contribution in [0.4, 0.5) is 0 Å². The van der Waals surface area contributed by atoms with Crippen molar-refractivity contribution in [3.8, 4) is 0 Å². The first-order valence-corrected chi connectivity index (χ1v) is 5.58. The highest BCUT2D eigenvalue weighted by Crippen LogP contribution is 2.11. The highest BCUT2D eigenvalue weighted by molar-refractivity contribution is 6.00. The third-order valence-electron chi connectivity index (χ3n) is 2.86. The van der Waals surface area contributed by atoms with Gasteiger partial charge in [-0.3, -0.25) is 9.78 Å². The Kier molecular flexibility index (Phi) is 3.74. The van der Waals surface area contributed by atoms with Gasteiger partial charge in [-0.15, -0.1) is 0 Å². The average Bonchev–Trinajstić information content (AvgIpc) is 2.89. The minimum Gasteiger partial charge on any atom is -0.394 e. The van der Waals surface area contributed by atoms with Crippen molar-refractivity contribution < 1.29 is 20.1 Å². The van der Waals surface area contributed by atoms with E-state index < -0.39 is 31.3 Å². The number of nitrogens with zero attached hydrogens (tertiary/aromatic N) is 3. The quantitative estimate of drug-likeness (QED) is 0.505. The first kappa shape index (κ1) is 13.4. The lowest BCUT2D eigenvalue weighted by atomic mass is 10.0. The Morgan fingerprint density at radius 3 is 2.58 bits per heavy atom. The van der Waals surface area contributed by atoms with E-state index in [0.29, 0.717) is 5.52 Å². The summed E-state index contributed by atoms with van der Waals surface area (Å²) in [5, 5.41) is 33.9. The van der Waals surface area contributed by atoms with E-state index in [1.54, 1.807) is 6.20 Å². The van der Waals surface area contributed by atoms with Crippen LogP contribution in [0.25, 0.3) is 5.52 Å². The van der Waals surface area contributed by atoms with Gasteiger partial charge in [-0.2, -0.15) is 5.10 Å². The van der Waals surface area contributed by atoms with Crippen molar-refractivity contribution in [3.05, 3.63) is 30.4 Å². The average molecular weight is 266 g/mol. The summed E-state index contributed by atoms with van der Waals surface area (Å²) in [7, 11) is 0. The molecule has 0 atom stereocenters. The van der Waals surface area contributed by atoms with Gasteiger partial charge >= 0.3 is 0 Å². The first-order valence-electron chi connectivity index (χ1n) is 5.58. The number of hydrogen-bond donors (Lipinski definition) is 4. The Labute approximate surface area is 108 Å². The van der Waals surface area contributed by atoms with Gasteiger partial charge < -0.3 is 20.6 Å². The van der Waals surface area contributed by atoms with Crippen molar-refractivity contribution >= 4 is 11.4 Å². The molecular weight excluding hydrogens is 252 g/mol. The molecule has 0 saturated carbocycles. The second-order valence-electron chi connectivity index (χ2n) is 4.17. The van der Waals surface area contributed by atoms with Crippen LogP contribution in [0.3, 0.4) is 0 Å². The van der Waals surface area contributed by atoms with Gasteiger partial charge in [0.05, 0.1) is 43.3 Å². The highest BCUT2D eigenvalue weighted by atomic mass is 16.3. The van der Waals surface area contributed by atoms with Crippen molar-refractivity contribution in [2.75, 3.05) is 19.8 Å². The number of aliphatic hydroxyl groups is 3. The Bertz CT molecular complexity index is 571. The summed E-state index contributed by atoms with van der Waals surface area (Å²) in [4.78, 5) is 16.0. The number of amides is 1. The third-order valence-corrected chi connectivity index (χ3v) is 2.86. The molecule has 8 nitrogen and oxygen atoms in total. The molecule has 0 aliphatic rings. The molecule has 19 heavy (non-hydrogen) atoms. The van der Waals surface area contributed by atoms with Crippen LogP contribution in [0.5, 0.6) is 0 Å². The predicted molar refractivity (Wildman–Crippen MR) is 64.4 cm³/mol. The largest absolute Gasteiger partial charge is 0.394 e. The molecule has 2 aromatic heterocycles. The van der Waals surface area contributed by atoms with E-state index in [2.05, 4.69) is 15.4 Å². The van der Waals surface area contributed by atoms with E-state index >= 15 is 0 Å². The van der Waals surface area contributed by atoms with Crippen molar-refractivity contribution in [1.82, 2.24) is 19.9 Å². The van der Waals surface area contributed by atoms with Crippen molar-refractivity contribution in [2.45, 2.75) is 5.54 Å². The van der Waals surface area contributed by atoms with Crippen LogP contribution in [0, 0.1) is 0 Å². The van der Waals surface area contributed by atoms with Crippen molar-refractivity contribution in [3.63, 3.8) is 0 Å². The van der Waals surface area contributed by atoms with Gasteiger partial charge in [0.2, 0.25) is 0 Å². The smallest absolute Gasteiger partial charge is 0.255 e. The molecule has 0 fully saturated rings. The lowest BCUT2D eigenvalue weighted by molar-refractivity contribution is 0.0376. The number of rotatable bonds is 5. The fraction of sp³-hybridized carbons (Fsp3) is 0.364.